The van der Waals surface area contributed by atoms with Crippen LogP contribution in [0.25, 0.3) is 22.3 Å². The van der Waals surface area contributed by atoms with Crippen molar-refractivity contribution in [1.82, 2.24) is 9.97 Å². The second-order valence-corrected chi connectivity index (χ2v) is 3.44. The first-order valence-corrected chi connectivity index (χ1v) is 4.86. The molecule has 0 atom stereocenters. The highest BCUT2D eigenvalue weighted by Crippen LogP contribution is 2.24. The van der Waals surface area contributed by atoms with Crippen LogP contribution in [0.15, 0.2) is 52.1 Å². The third kappa shape index (κ3) is 1.32. The van der Waals surface area contributed by atoms with Crippen LogP contribution in [0.3, 0.4) is 0 Å². The first-order valence-electron chi connectivity index (χ1n) is 4.86. The Balaban J connectivity index is 2.28. The summed E-state index contributed by atoms with van der Waals surface area (Å²) in [6, 6.07) is 7.17. The maximum Gasteiger partial charge on any atom is 0.259 e. The minimum absolute atomic E-state index is 0.142. The van der Waals surface area contributed by atoms with Gasteiger partial charge < -0.3 is 9.40 Å². The summed E-state index contributed by atoms with van der Waals surface area (Å²) in [5, 5.41) is 0.557. The largest absolute Gasteiger partial charge is 0.456 e. The number of furan rings is 1. The molecule has 16 heavy (non-hydrogen) atoms. The van der Waals surface area contributed by atoms with E-state index in [1.54, 1.807) is 30.7 Å². The molecule has 0 radical (unpaired) electrons. The first kappa shape index (κ1) is 8.91. The molecule has 0 fully saturated rings. The normalized spacial score (nSPS) is 10.8. The molecule has 0 amide bonds. The minimum atomic E-state index is -0.142. The van der Waals surface area contributed by atoms with Gasteiger partial charge in [0.1, 0.15) is 11.3 Å². The summed E-state index contributed by atoms with van der Waals surface area (Å²) in [5.74, 6) is 0.653. The van der Waals surface area contributed by atoms with Crippen LogP contribution in [0.5, 0.6) is 0 Å². The molecule has 4 nitrogen and oxygen atoms in total. The van der Waals surface area contributed by atoms with Gasteiger partial charge in [0.2, 0.25) is 0 Å². The molecule has 3 aromatic rings. The fraction of sp³-hybridized carbons (Fsp3) is 0. The number of aromatic nitrogens is 2. The summed E-state index contributed by atoms with van der Waals surface area (Å²) >= 11 is 0. The number of H-pyrrole nitrogens is 1. The lowest BCUT2D eigenvalue weighted by atomic mass is 10.2. The molecular weight excluding hydrogens is 204 g/mol. The van der Waals surface area contributed by atoms with Gasteiger partial charge in [-0.1, -0.05) is 0 Å². The molecule has 78 valence electrons. The Labute approximate surface area is 90.6 Å². The van der Waals surface area contributed by atoms with E-state index < -0.39 is 0 Å². The Bertz CT molecular complexity index is 683. The second kappa shape index (κ2) is 3.34. The van der Waals surface area contributed by atoms with E-state index in [2.05, 4.69) is 9.97 Å². The molecule has 0 aliphatic rings. The van der Waals surface area contributed by atoms with Gasteiger partial charge in [0, 0.05) is 24.2 Å². The maximum absolute atomic E-state index is 11.5. The van der Waals surface area contributed by atoms with Crippen LogP contribution in [0.1, 0.15) is 0 Å². The van der Waals surface area contributed by atoms with Crippen molar-refractivity contribution < 1.29 is 4.42 Å². The van der Waals surface area contributed by atoms with Gasteiger partial charge in [0.15, 0.2) is 0 Å². The van der Waals surface area contributed by atoms with Crippen LogP contribution in [0.2, 0.25) is 0 Å². The summed E-state index contributed by atoms with van der Waals surface area (Å²) in [5.41, 5.74) is 1.30. The number of nitrogens with zero attached hydrogens (tertiary/aromatic N) is 1. The van der Waals surface area contributed by atoms with Crippen molar-refractivity contribution in [2.75, 3.05) is 0 Å². The Morgan fingerprint density at radius 3 is 3.00 bits per heavy atom. The van der Waals surface area contributed by atoms with E-state index in [1.165, 1.54) is 0 Å². The van der Waals surface area contributed by atoms with E-state index in [9.17, 15) is 4.79 Å². The van der Waals surface area contributed by atoms with Crippen molar-refractivity contribution in [3.8, 4) is 11.3 Å². The van der Waals surface area contributed by atoms with Crippen LogP contribution in [-0.4, -0.2) is 9.97 Å². The number of nitrogens with one attached hydrogen (secondary N) is 1. The Hall–Kier alpha value is -2.36. The lowest BCUT2D eigenvalue weighted by Crippen LogP contribution is -2.01. The van der Waals surface area contributed by atoms with E-state index >= 15 is 0 Å². The molecule has 0 bridgehead atoms. The van der Waals surface area contributed by atoms with E-state index in [4.69, 9.17) is 4.42 Å². The fourth-order valence-electron chi connectivity index (χ4n) is 1.63. The van der Waals surface area contributed by atoms with Crippen LogP contribution in [0.4, 0.5) is 0 Å². The number of hydrogen-bond donors (Lipinski definition) is 1. The average Bonchev–Trinajstić information content (AvgIpc) is 2.76. The highest BCUT2D eigenvalue weighted by molar-refractivity contribution is 5.81. The van der Waals surface area contributed by atoms with Crippen molar-refractivity contribution in [3.63, 3.8) is 0 Å². The van der Waals surface area contributed by atoms with E-state index in [0.29, 0.717) is 16.7 Å². The second-order valence-electron chi connectivity index (χ2n) is 3.44. The summed E-state index contributed by atoms with van der Waals surface area (Å²) in [4.78, 5) is 18.1. The Kier molecular flexibility index (Phi) is 1.86. The summed E-state index contributed by atoms with van der Waals surface area (Å²) in [6.45, 7) is 0. The number of fused-ring (bicyclic) bond motifs is 1. The van der Waals surface area contributed by atoms with Crippen molar-refractivity contribution in [2.24, 2.45) is 0 Å². The molecule has 0 saturated heterocycles. The summed E-state index contributed by atoms with van der Waals surface area (Å²) in [6.07, 6.45) is 4.96. The van der Waals surface area contributed by atoms with Crippen molar-refractivity contribution >= 4 is 11.0 Å². The Morgan fingerprint density at radius 1 is 1.31 bits per heavy atom. The molecule has 0 saturated carbocycles. The van der Waals surface area contributed by atoms with E-state index in [0.717, 1.165) is 5.56 Å². The SMILES string of the molecule is O=c1[nH]ccc2oc(-c3cccnc3)cc12. The van der Waals surface area contributed by atoms with Gasteiger partial charge in [-0.2, -0.15) is 0 Å². The van der Waals surface area contributed by atoms with Gasteiger partial charge in [-0.3, -0.25) is 9.78 Å². The summed E-state index contributed by atoms with van der Waals surface area (Å²) < 4.78 is 5.57. The van der Waals surface area contributed by atoms with Crippen molar-refractivity contribution in [1.29, 1.82) is 0 Å². The van der Waals surface area contributed by atoms with Crippen LogP contribution in [-0.2, 0) is 0 Å². The molecule has 3 rings (SSSR count). The molecule has 3 aromatic heterocycles. The number of hydrogen-bond acceptors (Lipinski definition) is 3. The highest BCUT2D eigenvalue weighted by atomic mass is 16.3. The zero-order chi connectivity index (χ0) is 11.0. The van der Waals surface area contributed by atoms with Crippen LogP contribution < -0.4 is 5.56 Å². The van der Waals surface area contributed by atoms with Gasteiger partial charge >= 0.3 is 0 Å². The minimum Gasteiger partial charge on any atom is -0.456 e. The molecule has 0 spiro atoms. The predicted molar refractivity (Wildman–Crippen MR) is 60.1 cm³/mol. The molecule has 4 heteroatoms. The van der Waals surface area contributed by atoms with Gasteiger partial charge in [-0.05, 0) is 24.3 Å². The molecular formula is C12H8N2O2. The fourth-order valence-corrected chi connectivity index (χ4v) is 1.63. The molecule has 0 aromatic carbocycles. The molecule has 0 unspecified atom stereocenters. The summed E-state index contributed by atoms with van der Waals surface area (Å²) in [7, 11) is 0. The third-order valence-corrected chi connectivity index (χ3v) is 2.40. The standard InChI is InChI=1S/C12H8N2O2/c15-12-9-6-11(8-2-1-4-13-7-8)16-10(9)3-5-14-12/h1-7H,(H,14,15). The van der Waals surface area contributed by atoms with E-state index in [-0.39, 0.29) is 5.56 Å². The smallest absolute Gasteiger partial charge is 0.259 e. The lowest BCUT2D eigenvalue weighted by Gasteiger charge is -1.92. The zero-order valence-corrected chi connectivity index (χ0v) is 8.31. The molecule has 0 aliphatic carbocycles. The van der Waals surface area contributed by atoms with Gasteiger partial charge in [-0.15, -0.1) is 0 Å². The molecule has 1 N–H and O–H groups in total. The average molecular weight is 212 g/mol. The third-order valence-electron chi connectivity index (χ3n) is 2.40. The Morgan fingerprint density at radius 2 is 2.25 bits per heavy atom. The molecule has 3 heterocycles. The van der Waals surface area contributed by atoms with Gasteiger partial charge in [0.05, 0.1) is 5.39 Å². The first-order chi connectivity index (χ1) is 7.84. The van der Waals surface area contributed by atoms with Crippen molar-refractivity contribution in [3.05, 3.63) is 53.2 Å². The van der Waals surface area contributed by atoms with Crippen molar-refractivity contribution in [2.45, 2.75) is 0 Å². The zero-order valence-electron chi connectivity index (χ0n) is 8.31. The predicted octanol–water partition coefficient (Wildman–Crippen LogP) is 2.18. The molecule has 0 aliphatic heterocycles. The monoisotopic (exact) mass is 212 g/mol. The van der Waals surface area contributed by atoms with Gasteiger partial charge in [-0.25, -0.2) is 0 Å². The highest BCUT2D eigenvalue weighted by Gasteiger charge is 2.07. The number of pyridine rings is 2. The number of aromatic amines is 1. The van der Waals surface area contributed by atoms with Crippen LogP contribution >= 0.6 is 0 Å². The van der Waals surface area contributed by atoms with Crippen LogP contribution in [0, 0.1) is 0 Å². The maximum atomic E-state index is 11.5. The van der Waals surface area contributed by atoms with Gasteiger partial charge in [0.25, 0.3) is 5.56 Å². The number of rotatable bonds is 1. The topological polar surface area (TPSA) is 58.9 Å². The van der Waals surface area contributed by atoms with E-state index in [1.807, 2.05) is 12.1 Å². The quantitative estimate of drug-likeness (QED) is 0.672. The lowest BCUT2D eigenvalue weighted by molar-refractivity contribution is 0.630.